The second-order valence-electron chi connectivity index (χ2n) is 19.1. The van der Waals surface area contributed by atoms with Crippen LogP contribution in [-0.2, 0) is 32.6 Å². The summed E-state index contributed by atoms with van der Waals surface area (Å²) in [5.41, 5.74) is 6.33. The van der Waals surface area contributed by atoms with Gasteiger partial charge in [0, 0.05) is 33.5 Å². The van der Waals surface area contributed by atoms with Gasteiger partial charge in [-0.05, 0) is 127 Å². The van der Waals surface area contributed by atoms with Crippen LogP contribution in [-0.4, -0.2) is 30.0 Å². The maximum absolute atomic E-state index is 14.9. The Morgan fingerprint density at radius 3 is 2.44 bits per heavy atom. The average Bonchev–Trinajstić information content (AvgIpc) is 3.47. The lowest BCUT2D eigenvalue weighted by molar-refractivity contribution is -0.170. The fourth-order valence-electron chi connectivity index (χ4n) is 13.7. The Bertz CT molecular complexity index is 1950. The van der Waals surface area contributed by atoms with E-state index < -0.39 is 11.5 Å². The average molecular weight is 723 g/mol. The molecule has 3 saturated carbocycles. The number of aromatic amines is 1. The molecule has 2 aromatic carbocycles. The second kappa shape index (κ2) is 12.2. The highest BCUT2D eigenvalue weighted by Gasteiger charge is 2.69. The van der Waals surface area contributed by atoms with Crippen molar-refractivity contribution in [1.29, 1.82) is 0 Å². The summed E-state index contributed by atoms with van der Waals surface area (Å²) in [5, 5.41) is 5.40. The van der Waals surface area contributed by atoms with Gasteiger partial charge in [-0.2, -0.15) is 0 Å². The van der Waals surface area contributed by atoms with Gasteiger partial charge in [0.05, 0.1) is 12.5 Å². The van der Waals surface area contributed by atoms with Crippen molar-refractivity contribution in [3.05, 3.63) is 82.0 Å². The van der Waals surface area contributed by atoms with Crippen LogP contribution in [0.1, 0.15) is 110 Å². The van der Waals surface area contributed by atoms with E-state index in [0.29, 0.717) is 30.1 Å². The molecule has 5 aliphatic rings. The lowest BCUT2D eigenvalue weighted by atomic mass is 9.33. The van der Waals surface area contributed by atoms with Gasteiger partial charge in [0.25, 0.3) is 0 Å². The number of fused-ring (bicyclic) bond motifs is 10. The van der Waals surface area contributed by atoms with Crippen molar-refractivity contribution in [1.82, 2.24) is 10.3 Å². The molecule has 52 heavy (non-hydrogen) atoms. The molecule has 0 spiro atoms. The second-order valence-corrected chi connectivity index (χ2v) is 19.5. The van der Waals surface area contributed by atoms with Crippen LogP contribution in [0.5, 0.6) is 0 Å². The van der Waals surface area contributed by atoms with Gasteiger partial charge >= 0.3 is 5.97 Å². The maximum atomic E-state index is 14.9. The van der Waals surface area contributed by atoms with E-state index in [-0.39, 0.29) is 39.5 Å². The van der Waals surface area contributed by atoms with E-state index in [4.69, 9.17) is 16.3 Å². The molecular weight excluding hydrogens is 664 g/mol. The molecule has 6 heteroatoms. The fourth-order valence-corrected chi connectivity index (χ4v) is 13.8. The number of hydrogen-bond donors (Lipinski definition) is 2. The molecule has 278 valence electrons. The number of amides is 1. The largest absolute Gasteiger partial charge is 0.467 e. The van der Waals surface area contributed by atoms with Crippen molar-refractivity contribution in [2.45, 2.75) is 118 Å². The number of allylic oxidation sites excluding steroid dienone is 2. The van der Waals surface area contributed by atoms with E-state index >= 15 is 0 Å². The van der Waals surface area contributed by atoms with Crippen LogP contribution in [0.3, 0.4) is 0 Å². The summed E-state index contributed by atoms with van der Waals surface area (Å²) in [7, 11) is 1.42. The predicted octanol–water partition coefficient (Wildman–Crippen LogP) is 10.4. The molecule has 3 fully saturated rings. The Balaban J connectivity index is 1.18. The van der Waals surface area contributed by atoms with E-state index in [2.05, 4.69) is 77.0 Å². The number of esters is 1. The minimum atomic E-state index is -0.714. The van der Waals surface area contributed by atoms with Gasteiger partial charge in [0.1, 0.15) is 6.04 Å². The third-order valence-electron chi connectivity index (χ3n) is 16.7. The molecule has 2 N–H and O–H groups in total. The quantitative estimate of drug-likeness (QED) is 0.203. The third-order valence-corrected chi connectivity index (χ3v) is 17.0. The first-order valence-electron chi connectivity index (χ1n) is 20.0. The van der Waals surface area contributed by atoms with Crippen molar-refractivity contribution in [2.24, 2.45) is 51.2 Å². The number of benzene rings is 2. The number of hydrogen-bond acceptors (Lipinski definition) is 3. The Morgan fingerprint density at radius 1 is 0.962 bits per heavy atom. The number of H-pyrrole nitrogens is 1. The number of rotatable bonds is 5. The molecule has 0 bridgehead atoms. The smallest absolute Gasteiger partial charge is 0.328 e. The lowest BCUT2D eigenvalue weighted by Gasteiger charge is -2.71. The van der Waals surface area contributed by atoms with E-state index in [0.717, 1.165) is 49.1 Å². The molecule has 0 aliphatic heterocycles. The number of methoxy groups -OCH3 is 1. The molecular formula is C46H59ClN2O3. The number of carbonyl (C=O) groups excluding carboxylic acids is 2. The molecule has 5 aliphatic carbocycles. The van der Waals surface area contributed by atoms with Crippen LogP contribution < -0.4 is 5.32 Å². The van der Waals surface area contributed by atoms with Gasteiger partial charge in [0.2, 0.25) is 5.91 Å². The first kappa shape index (κ1) is 36.0. The molecule has 10 atom stereocenters. The molecule has 0 radical (unpaired) electrons. The maximum Gasteiger partial charge on any atom is 0.328 e. The van der Waals surface area contributed by atoms with Gasteiger partial charge in [-0.3, -0.25) is 4.79 Å². The van der Waals surface area contributed by atoms with E-state index in [1.807, 2.05) is 36.4 Å². The zero-order valence-corrected chi connectivity index (χ0v) is 33.4. The molecule has 1 aromatic heterocycles. The topological polar surface area (TPSA) is 71.2 Å². The van der Waals surface area contributed by atoms with Gasteiger partial charge in [-0.25, -0.2) is 4.79 Å². The van der Waals surface area contributed by atoms with Gasteiger partial charge in [-0.1, -0.05) is 102 Å². The lowest BCUT2D eigenvalue weighted by Crippen LogP contribution is -2.66. The summed E-state index contributed by atoms with van der Waals surface area (Å²) in [5.74, 6) is 1.81. The first-order valence-corrected chi connectivity index (χ1v) is 20.4. The van der Waals surface area contributed by atoms with Gasteiger partial charge in [0.15, 0.2) is 0 Å². The predicted molar refractivity (Wildman–Crippen MR) is 210 cm³/mol. The van der Waals surface area contributed by atoms with Crippen molar-refractivity contribution in [2.75, 3.05) is 7.11 Å². The van der Waals surface area contributed by atoms with E-state index in [1.54, 1.807) is 5.57 Å². The molecule has 1 unspecified atom stereocenters. The molecule has 5 nitrogen and oxygen atoms in total. The molecule has 3 aromatic rings. The zero-order valence-electron chi connectivity index (χ0n) is 32.6. The Kier molecular flexibility index (Phi) is 8.46. The van der Waals surface area contributed by atoms with Crippen LogP contribution in [0.15, 0.2) is 60.2 Å². The minimum Gasteiger partial charge on any atom is -0.467 e. The summed E-state index contributed by atoms with van der Waals surface area (Å²) in [4.78, 5) is 32.0. The normalized spacial score (nSPS) is 38.0. The Hall–Kier alpha value is -3.05. The minimum absolute atomic E-state index is 0.0105. The Labute approximate surface area is 316 Å². The van der Waals surface area contributed by atoms with Crippen molar-refractivity contribution < 1.29 is 14.3 Å². The van der Waals surface area contributed by atoms with Crippen LogP contribution >= 0.6 is 11.6 Å². The van der Waals surface area contributed by atoms with Crippen LogP contribution in [0.2, 0.25) is 5.02 Å². The number of halogens is 1. The molecule has 1 amide bonds. The first-order chi connectivity index (χ1) is 24.6. The summed E-state index contributed by atoms with van der Waals surface area (Å²) in [6, 6.07) is 15.6. The molecule has 0 saturated heterocycles. The zero-order chi connectivity index (χ0) is 37.0. The fraction of sp³-hybridized carbons (Fsp3) is 0.609. The van der Waals surface area contributed by atoms with E-state index in [9.17, 15) is 9.59 Å². The van der Waals surface area contributed by atoms with Gasteiger partial charge in [-0.15, -0.1) is 0 Å². The monoisotopic (exact) mass is 722 g/mol. The van der Waals surface area contributed by atoms with E-state index in [1.165, 1.54) is 42.1 Å². The SMILES string of the molecule is COC(=O)C(Cc1ccccc1)NC(=O)[C@]12CC[C@@H](C)[C@H](C)[C@H]1C1=CC[C@@H]3[C@@]4(C)Cc5c([nH]c6ccc(Cl)cc56)C(C)(C)[C@@H]4CC[C@@]3(C)[C@]1(C)CC2. The number of nitrogens with one attached hydrogen (secondary N) is 2. The Morgan fingerprint density at radius 2 is 1.71 bits per heavy atom. The highest BCUT2D eigenvalue weighted by molar-refractivity contribution is 6.31. The summed E-state index contributed by atoms with van der Waals surface area (Å²) in [6.07, 6.45) is 11.3. The highest BCUT2D eigenvalue weighted by atomic mass is 35.5. The summed E-state index contributed by atoms with van der Waals surface area (Å²) < 4.78 is 5.26. The number of aromatic nitrogens is 1. The van der Waals surface area contributed by atoms with Crippen molar-refractivity contribution >= 4 is 34.4 Å². The van der Waals surface area contributed by atoms with Crippen LogP contribution in [0, 0.1) is 51.2 Å². The number of carbonyl (C=O) groups is 2. The summed E-state index contributed by atoms with van der Waals surface area (Å²) >= 11 is 6.61. The van der Waals surface area contributed by atoms with Crippen LogP contribution in [0.4, 0.5) is 0 Å². The van der Waals surface area contributed by atoms with Crippen molar-refractivity contribution in [3.63, 3.8) is 0 Å². The molecule has 8 rings (SSSR count). The highest BCUT2D eigenvalue weighted by Crippen LogP contribution is 2.75. The van der Waals surface area contributed by atoms with Crippen molar-refractivity contribution in [3.8, 4) is 0 Å². The third kappa shape index (κ3) is 4.92. The summed E-state index contributed by atoms with van der Waals surface area (Å²) in [6.45, 7) is 17.6. The molecule has 1 heterocycles. The van der Waals surface area contributed by atoms with Gasteiger partial charge < -0.3 is 15.0 Å². The number of ether oxygens (including phenoxy) is 1. The standard InChI is InChI=1S/C46H59ClN2O3/c1-27-18-21-46(41(51)49-35(40(50)52-8)24-29-12-10-9-11-13-29)23-22-44(6)33(38(46)28(27)2)15-17-37-43(5)26-32-31-25-30(47)14-16-34(31)48-39(32)42(3,4)36(43)19-20-45(37,44)7/h9-16,25,27-28,35-38,48H,17-24,26H2,1-8H3,(H,49,51)/t27-,28+,35?,36+,37-,38+,43+,44-,45-,46+/m1/s1. The van der Waals surface area contributed by atoms with Crippen LogP contribution in [0.25, 0.3) is 10.9 Å².